The SMILES string of the molecule is [2H]OC(=O)c1ccc2ccccc2c1C(=O)O. The second-order valence-electron chi connectivity index (χ2n) is 3.30. The highest BCUT2D eigenvalue weighted by atomic mass is 16.4. The molecule has 2 aromatic carbocycles. The molecule has 0 radical (unpaired) electrons. The predicted octanol–water partition coefficient (Wildman–Crippen LogP) is 2.24. The van der Waals surface area contributed by atoms with Gasteiger partial charge in [-0.25, -0.2) is 9.59 Å². The molecule has 0 bridgehead atoms. The quantitative estimate of drug-likeness (QED) is 0.808. The van der Waals surface area contributed by atoms with Crippen LogP contribution in [0.4, 0.5) is 0 Å². The molecule has 0 spiro atoms. The Labute approximate surface area is 92.2 Å². The van der Waals surface area contributed by atoms with Gasteiger partial charge in [-0.1, -0.05) is 30.3 Å². The van der Waals surface area contributed by atoms with Crippen molar-refractivity contribution in [2.24, 2.45) is 0 Å². The van der Waals surface area contributed by atoms with Crippen molar-refractivity contribution < 1.29 is 19.8 Å². The van der Waals surface area contributed by atoms with Crippen molar-refractivity contribution >= 4 is 22.7 Å². The number of carboxylic acids is 2. The number of fused-ring (bicyclic) bond motifs is 1. The van der Waals surface area contributed by atoms with Gasteiger partial charge in [-0.15, -0.1) is 0 Å². The molecular formula is C12H8O4. The van der Waals surface area contributed by atoms with E-state index in [2.05, 4.69) is 5.11 Å². The van der Waals surface area contributed by atoms with E-state index < -0.39 is 11.9 Å². The fraction of sp³-hybridized carbons (Fsp3) is 0. The number of rotatable bonds is 2. The number of carboxylic acid groups (broad SMARTS) is 2. The zero-order valence-corrected chi connectivity index (χ0v) is 8.14. The van der Waals surface area contributed by atoms with Crippen molar-refractivity contribution in [3.63, 3.8) is 0 Å². The molecule has 16 heavy (non-hydrogen) atoms. The van der Waals surface area contributed by atoms with Crippen LogP contribution >= 0.6 is 0 Å². The Morgan fingerprint density at radius 3 is 2.50 bits per heavy atom. The standard InChI is InChI=1S/C12H8O4/c13-11(14)9-6-5-7-3-1-2-4-8(7)10(9)12(15)16/h1-6H,(H,13,14)(H,15,16)/i/hD. The summed E-state index contributed by atoms with van der Waals surface area (Å²) >= 11 is 0. The van der Waals surface area contributed by atoms with Crippen LogP contribution in [-0.4, -0.2) is 22.2 Å². The maximum Gasteiger partial charge on any atom is 0.337 e. The first kappa shape index (κ1) is 8.91. The van der Waals surface area contributed by atoms with Crippen LogP contribution in [0.3, 0.4) is 0 Å². The van der Waals surface area contributed by atoms with Crippen LogP contribution in [-0.2, 0) is 0 Å². The lowest BCUT2D eigenvalue weighted by Crippen LogP contribution is -2.08. The fourth-order valence-electron chi connectivity index (χ4n) is 1.67. The third-order valence-corrected chi connectivity index (χ3v) is 2.36. The molecule has 0 saturated heterocycles. The van der Waals surface area contributed by atoms with Gasteiger partial charge in [0.2, 0.25) is 0 Å². The maximum atomic E-state index is 11.3. The molecule has 80 valence electrons. The molecule has 2 N–H and O–H groups in total. The van der Waals surface area contributed by atoms with Crippen molar-refractivity contribution in [3.05, 3.63) is 47.5 Å². The molecular weight excluding hydrogens is 208 g/mol. The summed E-state index contributed by atoms with van der Waals surface area (Å²) in [6.45, 7) is 0. The predicted molar refractivity (Wildman–Crippen MR) is 57.9 cm³/mol. The van der Waals surface area contributed by atoms with Gasteiger partial charge in [0.25, 0.3) is 1.43 Å². The summed E-state index contributed by atoms with van der Waals surface area (Å²) in [5.74, 6) is -2.20. The lowest BCUT2D eigenvalue weighted by Gasteiger charge is -2.05. The van der Waals surface area contributed by atoms with Crippen LogP contribution in [0.1, 0.15) is 20.7 Å². The van der Waals surface area contributed by atoms with Crippen molar-refractivity contribution in [1.82, 2.24) is 0 Å². The van der Waals surface area contributed by atoms with Crippen LogP contribution in [0.2, 0.25) is 0 Å². The highest BCUT2D eigenvalue weighted by Crippen LogP contribution is 2.22. The van der Waals surface area contributed by atoms with Gasteiger partial charge in [0.1, 0.15) is 0 Å². The molecule has 0 amide bonds. The minimum absolute atomic E-state index is 0.119. The molecule has 0 atom stereocenters. The molecule has 0 aromatic heterocycles. The lowest BCUT2D eigenvalue weighted by molar-refractivity contribution is 0.0653. The number of carbonyl (C=O) groups is 2. The summed E-state index contributed by atoms with van der Waals surface area (Å²) in [7, 11) is 0. The number of aromatic carboxylic acids is 2. The van der Waals surface area contributed by atoms with Crippen molar-refractivity contribution in [1.29, 1.82) is 1.43 Å². The van der Waals surface area contributed by atoms with E-state index in [4.69, 9.17) is 6.54 Å². The molecule has 2 aromatic rings. The van der Waals surface area contributed by atoms with Gasteiger partial charge in [0, 0.05) is 0 Å². The summed E-state index contributed by atoms with van der Waals surface area (Å²) in [4.78, 5) is 22.5. The maximum absolute atomic E-state index is 11.3. The van der Waals surface area contributed by atoms with Crippen LogP contribution in [0, 0.1) is 0 Å². The topological polar surface area (TPSA) is 74.6 Å². The van der Waals surface area contributed by atoms with Crippen LogP contribution in [0.15, 0.2) is 36.4 Å². The Hall–Kier alpha value is -2.36. The molecule has 0 fully saturated rings. The fourth-order valence-corrected chi connectivity index (χ4v) is 1.67. The van der Waals surface area contributed by atoms with E-state index in [9.17, 15) is 9.59 Å². The third kappa shape index (κ3) is 1.50. The number of hydrogen-bond acceptors (Lipinski definition) is 3. The summed E-state index contributed by atoms with van der Waals surface area (Å²) < 4.78 is 6.55. The number of hydrogen-bond donors (Lipinski definition) is 2. The van der Waals surface area contributed by atoms with Gasteiger partial charge in [0.05, 0.1) is 11.1 Å². The molecule has 0 unspecified atom stereocenters. The molecule has 4 heteroatoms. The van der Waals surface area contributed by atoms with Gasteiger partial charge in [0.15, 0.2) is 0 Å². The van der Waals surface area contributed by atoms with E-state index in [0.29, 0.717) is 10.8 Å². The Morgan fingerprint density at radius 2 is 1.81 bits per heavy atom. The minimum Gasteiger partial charge on any atom is -0.478 e. The van der Waals surface area contributed by atoms with Gasteiger partial charge in [-0.05, 0) is 16.8 Å². The Kier molecular flexibility index (Phi) is 2.04. The summed E-state index contributed by atoms with van der Waals surface area (Å²) in [6.07, 6.45) is 0. The number of benzene rings is 2. The first-order valence-electron chi connectivity index (χ1n) is 4.98. The largest absolute Gasteiger partial charge is 0.478 e. The summed E-state index contributed by atoms with van der Waals surface area (Å²) in [5.41, 5.74) is -0.258. The zero-order valence-electron chi connectivity index (χ0n) is 9.14. The molecule has 4 nitrogen and oxygen atoms in total. The lowest BCUT2D eigenvalue weighted by atomic mass is 9.99. The highest BCUT2D eigenvalue weighted by molar-refractivity contribution is 6.11. The summed E-state index contributed by atoms with van der Waals surface area (Å²) in [6, 6.07) is 9.79. The average molecular weight is 217 g/mol. The van der Waals surface area contributed by atoms with E-state index in [-0.39, 0.29) is 11.1 Å². The van der Waals surface area contributed by atoms with Crippen LogP contribution < -0.4 is 0 Å². The van der Waals surface area contributed by atoms with Crippen LogP contribution in [0.25, 0.3) is 12.2 Å². The highest BCUT2D eigenvalue weighted by Gasteiger charge is 2.18. The summed E-state index contributed by atoms with van der Waals surface area (Å²) in [5, 5.41) is 14.1. The molecule has 0 aliphatic carbocycles. The molecule has 0 aliphatic rings. The van der Waals surface area contributed by atoms with E-state index in [1.165, 1.54) is 6.07 Å². The minimum atomic E-state index is -1.22. The van der Waals surface area contributed by atoms with Crippen molar-refractivity contribution in [2.75, 3.05) is 0 Å². The zero-order chi connectivity index (χ0) is 12.4. The first-order chi connectivity index (χ1) is 8.15. The van der Waals surface area contributed by atoms with Crippen molar-refractivity contribution in [3.8, 4) is 0 Å². The van der Waals surface area contributed by atoms with E-state index in [1.807, 2.05) is 0 Å². The average Bonchev–Trinajstić information content (AvgIpc) is 2.36. The van der Waals surface area contributed by atoms with E-state index in [1.54, 1.807) is 30.3 Å². The third-order valence-electron chi connectivity index (χ3n) is 2.36. The molecule has 0 saturated carbocycles. The van der Waals surface area contributed by atoms with E-state index in [0.717, 1.165) is 0 Å². The second-order valence-corrected chi connectivity index (χ2v) is 3.30. The van der Waals surface area contributed by atoms with Gasteiger partial charge in [-0.2, -0.15) is 0 Å². The van der Waals surface area contributed by atoms with Crippen LogP contribution in [0.5, 0.6) is 0 Å². The Balaban J connectivity index is 2.82. The van der Waals surface area contributed by atoms with Gasteiger partial charge >= 0.3 is 11.9 Å². The van der Waals surface area contributed by atoms with E-state index >= 15 is 0 Å². The Morgan fingerprint density at radius 1 is 1.06 bits per heavy atom. The van der Waals surface area contributed by atoms with Crippen molar-refractivity contribution in [2.45, 2.75) is 0 Å². The van der Waals surface area contributed by atoms with Gasteiger partial charge < -0.3 is 10.2 Å². The first-order valence-corrected chi connectivity index (χ1v) is 4.57. The monoisotopic (exact) mass is 217 g/mol. The molecule has 0 aliphatic heterocycles. The Bertz CT molecular complexity index is 606. The molecule has 2 rings (SSSR count). The second kappa shape index (κ2) is 3.66. The normalized spacial score (nSPS) is 10.9. The molecule has 0 heterocycles. The van der Waals surface area contributed by atoms with Gasteiger partial charge in [-0.3, -0.25) is 0 Å². The smallest absolute Gasteiger partial charge is 0.337 e.